The van der Waals surface area contributed by atoms with E-state index in [0.29, 0.717) is 47.3 Å². The molecule has 1 aromatic carbocycles. The van der Waals surface area contributed by atoms with Gasteiger partial charge in [-0.05, 0) is 37.5 Å². The normalized spacial score (nSPS) is 21.2. The number of benzene rings is 1. The minimum absolute atomic E-state index is 0.0194. The zero-order valence-electron chi connectivity index (χ0n) is 17.8. The number of ether oxygens (including phenoxy) is 5. The molecule has 2 N–H and O–H groups in total. The lowest BCUT2D eigenvalue weighted by atomic mass is 9.83. The number of nitrogens with two attached hydrogens (primary N) is 1. The van der Waals surface area contributed by atoms with Crippen molar-refractivity contribution in [1.82, 2.24) is 4.57 Å². The fourth-order valence-corrected chi connectivity index (χ4v) is 4.55. The molecular formula is C23H23N3O6. The van der Waals surface area contributed by atoms with E-state index < -0.39 is 5.92 Å². The first-order valence-electron chi connectivity index (χ1n) is 10.4. The van der Waals surface area contributed by atoms with E-state index in [9.17, 15) is 10.1 Å². The van der Waals surface area contributed by atoms with E-state index in [1.54, 1.807) is 22.8 Å². The lowest BCUT2D eigenvalue weighted by Gasteiger charge is -2.28. The van der Waals surface area contributed by atoms with Gasteiger partial charge in [0, 0.05) is 18.4 Å². The Balaban J connectivity index is 1.70. The lowest BCUT2D eigenvalue weighted by Crippen LogP contribution is -2.35. The summed E-state index contributed by atoms with van der Waals surface area (Å²) in [4.78, 5) is 13.7. The molecule has 0 aliphatic carbocycles. The molecule has 0 unspecified atom stereocenters. The molecule has 9 nitrogen and oxygen atoms in total. The van der Waals surface area contributed by atoms with Crippen LogP contribution in [0.15, 0.2) is 34.4 Å². The highest BCUT2D eigenvalue weighted by Gasteiger charge is 2.36. The third-order valence-electron chi connectivity index (χ3n) is 6.11. The number of pyridine rings is 1. The molecule has 1 aromatic heterocycles. The van der Waals surface area contributed by atoms with Gasteiger partial charge in [0.05, 0.1) is 31.2 Å². The molecule has 2 atom stereocenters. The van der Waals surface area contributed by atoms with Crippen LogP contribution in [0.2, 0.25) is 0 Å². The van der Waals surface area contributed by atoms with Gasteiger partial charge in [-0.25, -0.2) is 0 Å². The lowest BCUT2D eigenvalue weighted by molar-refractivity contribution is 0.0955. The molecule has 2 aromatic rings. The van der Waals surface area contributed by atoms with E-state index in [4.69, 9.17) is 29.4 Å². The Kier molecular flexibility index (Phi) is 4.94. The van der Waals surface area contributed by atoms with Crippen LogP contribution in [0.4, 0.5) is 0 Å². The van der Waals surface area contributed by atoms with Crippen molar-refractivity contribution in [2.24, 2.45) is 5.73 Å². The average molecular weight is 437 g/mol. The number of hydrogen-bond acceptors (Lipinski definition) is 8. The second-order valence-electron chi connectivity index (χ2n) is 8.00. The van der Waals surface area contributed by atoms with E-state index in [0.717, 1.165) is 18.5 Å². The van der Waals surface area contributed by atoms with Gasteiger partial charge in [-0.15, -0.1) is 0 Å². The number of methoxy groups -OCH3 is 1. The maximum atomic E-state index is 13.7. The van der Waals surface area contributed by atoms with Gasteiger partial charge in [-0.3, -0.25) is 4.79 Å². The van der Waals surface area contributed by atoms with Gasteiger partial charge in [-0.2, -0.15) is 5.26 Å². The molecule has 0 radical (unpaired) electrons. The van der Waals surface area contributed by atoms with Gasteiger partial charge in [-0.1, -0.05) is 0 Å². The summed E-state index contributed by atoms with van der Waals surface area (Å²) in [6.45, 7) is 3.05. The Morgan fingerprint density at radius 2 is 2.12 bits per heavy atom. The van der Waals surface area contributed by atoms with Gasteiger partial charge < -0.3 is 34.0 Å². The summed E-state index contributed by atoms with van der Waals surface area (Å²) < 4.78 is 29.7. The molecule has 1 fully saturated rings. The minimum atomic E-state index is -0.740. The highest BCUT2D eigenvalue weighted by molar-refractivity contribution is 5.61. The molecule has 0 bridgehead atoms. The van der Waals surface area contributed by atoms with Crippen LogP contribution in [-0.4, -0.2) is 31.2 Å². The van der Waals surface area contributed by atoms with Crippen LogP contribution in [0.1, 0.15) is 35.6 Å². The summed E-state index contributed by atoms with van der Waals surface area (Å²) in [5, 5.41) is 9.90. The monoisotopic (exact) mass is 437 g/mol. The van der Waals surface area contributed by atoms with Crippen LogP contribution < -0.4 is 30.2 Å². The van der Waals surface area contributed by atoms with Crippen molar-refractivity contribution in [3.63, 3.8) is 0 Å². The smallest absolute Gasteiger partial charge is 0.258 e. The van der Waals surface area contributed by atoms with Gasteiger partial charge >= 0.3 is 0 Å². The van der Waals surface area contributed by atoms with Crippen LogP contribution in [0, 0.1) is 18.3 Å². The zero-order chi connectivity index (χ0) is 22.4. The molecule has 0 amide bonds. The molecule has 9 heteroatoms. The fourth-order valence-electron chi connectivity index (χ4n) is 4.55. The van der Waals surface area contributed by atoms with E-state index >= 15 is 0 Å². The van der Waals surface area contributed by atoms with Gasteiger partial charge in [0.15, 0.2) is 11.5 Å². The van der Waals surface area contributed by atoms with Crippen LogP contribution >= 0.6 is 0 Å². The number of aromatic nitrogens is 1. The summed E-state index contributed by atoms with van der Waals surface area (Å²) >= 11 is 0. The maximum Gasteiger partial charge on any atom is 0.258 e. The number of nitriles is 1. The molecule has 32 heavy (non-hydrogen) atoms. The van der Waals surface area contributed by atoms with E-state index in [2.05, 4.69) is 6.07 Å². The van der Waals surface area contributed by atoms with Crippen molar-refractivity contribution in [3.05, 3.63) is 56.8 Å². The van der Waals surface area contributed by atoms with Crippen molar-refractivity contribution in [2.75, 3.05) is 20.5 Å². The van der Waals surface area contributed by atoms with Crippen LogP contribution in [-0.2, 0) is 11.3 Å². The van der Waals surface area contributed by atoms with Crippen molar-refractivity contribution < 1.29 is 23.7 Å². The number of allylic oxidation sites excluding steroid dienone is 1. The first kappa shape index (κ1) is 20.3. The quantitative estimate of drug-likeness (QED) is 0.774. The zero-order valence-corrected chi connectivity index (χ0v) is 17.8. The standard InChI is InChI=1S/C23H23N3O6/c1-12-6-16-20(23(27)26(12)10-14-4-3-5-29-14)19(15(9-24)22(25)32-16)13-7-17(28-2)21-18(8-13)30-11-31-21/h6-8,14,19H,3-5,10-11,25H2,1-2H3/t14-,19-/m0/s1. The Bertz CT molecular complexity index is 1220. The van der Waals surface area contributed by atoms with Crippen molar-refractivity contribution >= 4 is 0 Å². The van der Waals surface area contributed by atoms with E-state index in [1.807, 2.05) is 6.92 Å². The molecule has 3 aliphatic heterocycles. The highest BCUT2D eigenvalue weighted by atomic mass is 16.7. The predicted octanol–water partition coefficient (Wildman–Crippen LogP) is 2.29. The predicted molar refractivity (Wildman–Crippen MR) is 113 cm³/mol. The van der Waals surface area contributed by atoms with Gasteiger partial charge in [0.2, 0.25) is 18.4 Å². The molecule has 166 valence electrons. The van der Waals surface area contributed by atoms with E-state index in [1.165, 1.54) is 7.11 Å². The number of fused-ring (bicyclic) bond motifs is 2. The Morgan fingerprint density at radius 1 is 1.28 bits per heavy atom. The summed E-state index contributed by atoms with van der Waals surface area (Å²) in [6, 6.07) is 7.40. The topological polar surface area (TPSA) is 118 Å². The Morgan fingerprint density at radius 3 is 2.84 bits per heavy atom. The Hall–Kier alpha value is -3.64. The van der Waals surface area contributed by atoms with Crippen LogP contribution in [0.25, 0.3) is 0 Å². The summed E-state index contributed by atoms with van der Waals surface area (Å²) in [6.07, 6.45) is 1.86. The molecule has 1 saturated heterocycles. The molecule has 0 spiro atoms. The number of nitrogens with zero attached hydrogens (tertiary/aromatic N) is 2. The average Bonchev–Trinajstić information content (AvgIpc) is 3.46. The SMILES string of the molecule is COc1cc([C@H]2C(C#N)=C(N)Oc3cc(C)n(C[C@@H]4CCCO4)c(=O)c32)cc2c1OCO2. The van der Waals surface area contributed by atoms with E-state index in [-0.39, 0.29) is 29.9 Å². The third kappa shape index (κ3) is 3.15. The molecule has 4 heterocycles. The van der Waals surface area contributed by atoms with Gasteiger partial charge in [0.1, 0.15) is 17.4 Å². The maximum absolute atomic E-state index is 13.7. The van der Waals surface area contributed by atoms with Crippen LogP contribution in [0.3, 0.4) is 0 Å². The van der Waals surface area contributed by atoms with Gasteiger partial charge in [0.25, 0.3) is 5.56 Å². The van der Waals surface area contributed by atoms with Crippen molar-refractivity contribution in [3.8, 4) is 29.1 Å². The van der Waals surface area contributed by atoms with Crippen LogP contribution in [0.5, 0.6) is 23.0 Å². The summed E-state index contributed by atoms with van der Waals surface area (Å²) in [5.74, 6) is 0.988. The number of rotatable bonds is 4. The van der Waals surface area contributed by atoms with Crippen molar-refractivity contribution in [2.45, 2.75) is 38.3 Å². The first-order valence-corrected chi connectivity index (χ1v) is 10.4. The second kappa shape index (κ2) is 7.80. The number of aryl methyl sites for hydroxylation is 1. The minimum Gasteiger partial charge on any atom is -0.493 e. The Labute approximate surface area is 184 Å². The molecular weight excluding hydrogens is 414 g/mol. The third-order valence-corrected chi connectivity index (χ3v) is 6.11. The molecule has 0 saturated carbocycles. The largest absolute Gasteiger partial charge is 0.493 e. The summed E-state index contributed by atoms with van der Waals surface area (Å²) in [7, 11) is 1.52. The second-order valence-corrected chi connectivity index (χ2v) is 8.00. The fraction of sp³-hybridized carbons (Fsp3) is 0.391. The molecule has 3 aliphatic rings. The highest BCUT2D eigenvalue weighted by Crippen LogP contribution is 2.47. The molecule has 5 rings (SSSR count). The first-order chi connectivity index (χ1) is 15.5. The van der Waals surface area contributed by atoms with Crippen molar-refractivity contribution in [1.29, 1.82) is 5.26 Å². The summed E-state index contributed by atoms with van der Waals surface area (Å²) in [5.41, 5.74) is 7.73. The number of hydrogen-bond donors (Lipinski definition) is 1.